The summed E-state index contributed by atoms with van der Waals surface area (Å²) in [4.78, 5) is 26.4. The largest absolute Gasteiger partial charge is 0.468 e. The highest BCUT2D eigenvalue weighted by Crippen LogP contribution is 2.37. The zero-order chi connectivity index (χ0) is 17.3. The topological polar surface area (TPSA) is 55.8 Å². The number of hydrogen-bond acceptors (Lipinski definition) is 4. The van der Waals surface area contributed by atoms with Crippen molar-refractivity contribution < 1.29 is 19.1 Å². The monoisotopic (exact) mass is 383 g/mol. The van der Waals surface area contributed by atoms with Crippen molar-refractivity contribution in [2.75, 3.05) is 20.2 Å². The number of carbonyl (C=O) groups excluding carboxylic acids is 2. The van der Waals surface area contributed by atoms with Crippen LogP contribution >= 0.6 is 15.9 Å². The first-order valence-electron chi connectivity index (χ1n) is 7.50. The first-order valence-corrected chi connectivity index (χ1v) is 8.30. The van der Waals surface area contributed by atoms with Crippen LogP contribution in [0.15, 0.2) is 28.7 Å². The molecule has 1 amide bonds. The number of hydrogen-bond donors (Lipinski definition) is 0. The van der Waals surface area contributed by atoms with E-state index in [0.29, 0.717) is 13.0 Å². The van der Waals surface area contributed by atoms with Gasteiger partial charge in [0.05, 0.1) is 7.11 Å². The molecular formula is C17H22BrNO4. The maximum absolute atomic E-state index is 12.5. The fourth-order valence-corrected chi connectivity index (χ4v) is 3.19. The number of rotatable bonds is 2. The summed E-state index contributed by atoms with van der Waals surface area (Å²) < 4.78 is 11.3. The van der Waals surface area contributed by atoms with Crippen LogP contribution in [0.5, 0.6) is 0 Å². The number of carbonyl (C=O) groups is 2. The molecule has 23 heavy (non-hydrogen) atoms. The van der Waals surface area contributed by atoms with Crippen molar-refractivity contribution in [1.29, 1.82) is 0 Å². The summed E-state index contributed by atoms with van der Waals surface area (Å²) in [7, 11) is 1.37. The van der Waals surface area contributed by atoms with E-state index < -0.39 is 17.1 Å². The molecule has 1 atom stereocenters. The molecule has 2 rings (SSSR count). The van der Waals surface area contributed by atoms with E-state index in [2.05, 4.69) is 15.9 Å². The number of nitrogens with zero attached hydrogens (tertiary/aromatic N) is 1. The summed E-state index contributed by atoms with van der Waals surface area (Å²) in [5.41, 5.74) is -0.580. The van der Waals surface area contributed by atoms with Crippen molar-refractivity contribution >= 4 is 28.0 Å². The van der Waals surface area contributed by atoms with Crippen molar-refractivity contribution in [2.24, 2.45) is 0 Å². The Balaban J connectivity index is 2.29. The van der Waals surface area contributed by atoms with Gasteiger partial charge in [0.1, 0.15) is 11.0 Å². The van der Waals surface area contributed by atoms with Crippen LogP contribution in [0.3, 0.4) is 0 Å². The molecule has 1 fully saturated rings. The number of ether oxygens (including phenoxy) is 2. The van der Waals surface area contributed by atoms with Gasteiger partial charge in [-0.3, -0.25) is 4.79 Å². The van der Waals surface area contributed by atoms with Gasteiger partial charge in [0, 0.05) is 17.6 Å². The highest BCUT2D eigenvalue weighted by atomic mass is 79.9. The Morgan fingerprint density at radius 3 is 2.57 bits per heavy atom. The molecular weight excluding hydrogens is 362 g/mol. The first-order chi connectivity index (χ1) is 10.7. The summed E-state index contributed by atoms with van der Waals surface area (Å²) in [6, 6.07) is 7.56. The minimum Gasteiger partial charge on any atom is -0.468 e. The lowest BCUT2D eigenvalue weighted by Crippen LogP contribution is -2.42. The molecule has 0 aliphatic carbocycles. The Bertz CT molecular complexity index is 611. The van der Waals surface area contributed by atoms with Gasteiger partial charge in [-0.2, -0.15) is 0 Å². The Morgan fingerprint density at radius 1 is 1.30 bits per heavy atom. The maximum atomic E-state index is 12.5. The van der Waals surface area contributed by atoms with Gasteiger partial charge >= 0.3 is 12.1 Å². The SMILES string of the molecule is COC(=O)C1(c2cccc(Br)c2)CCN(C(=O)OC(C)(C)C)C1. The van der Waals surface area contributed by atoms with Crippen LogP contribution in [0.4, 0.5) is 4.79 Å². The van der Waals surface area contributed by atoms with E-state index in [9.17, 15) is 9.59 Å². The Hall–Kier alpha value is -1.56. The number of halogens is 1. The van der Waals surface area contributed by atoms with Crippen molar-refractivity contribution in [3.05, 3.63) is 34.3 Å². The molecule has 0 aromatic heterocycles. The second-order valence-corrected chi connectivity index (χ2v) is 7.65. The third-order valence-electron chi connectivity index (χ3n) is 3.87. The van der Waals surface area contributed by atoms with Crippen molar-refractivity contribution in [3.8, 4) is 0 Å². The molecule has 0 bridgehead atoms. The fraction of sp³-hybridized carbons (Fsp3) is 0.529. The number of esters is 1. The summed E-state index contributed by atoms with van der Waals surface area (Å²) in [6.07, 6.45) is 0.105. The highest BCUT2D eigenvalue weighted by Gasteiger charge is 2.49. The predicted molar refractivity (Wildman–Crippen MR) is 90.3 cm³/mol. The van der Waals surface area contributed by atoms with Gasteiger partial charge in [-0.05, 0) is 44.9 Å². The van der Waals surface area contributed by atoms with Crippen LogP contribution in [-0.2, 0) is 19.7 Å². The normalized spacial score (nSPS) is 21.2. The third kappa shape index (κ3) is 3.86. The Morgan fingerprint density at radius 2 is 2.00 bits per heavy atom. The molecule has 1 aromatic carbocycles. The van der Waals surface area contributed by atoms with Gasteiger partial charge in [-0.15, -0.1) is 0 Å². The van der Waals surface area contributed by atoms with Crippen molar-refractivity contribution in [2.45, 2.75) is 38.2 Å². The van der Waals surface area contributed by atoms with E-state index in [1.54, 1.807) is 4.90 Å². The Labute approximate surface area is 145 Å². The number of likely N-dealkylation sites (tertiary alicyclic amines) is 1. The minimum absolute atomic E-state index is 0.255. The molecule has 126 valence electrons. The molecule has 0 N–H and O–H groups in total. The van der Waals surface area contributed by atoms with E-state index in [0.717, 1.165) is 10.0 Å². The van der Waals surface area contributed by atoms with E-state index in [1.807, 2.05) is 45.0 Å². The zero-order valence-electron chi connectivity index (χ0n) is 13.9. The minimum atomic E-state index is -0.852. The zero-order valence-corrected chi connectivity index (χ0v) is 15.5. The predicted octanol–water partition coefficient (Wildman–Crippen LogP) is 3.50. The lowest BCUT2D eigenvalue weighted by atomic mass is 9.79. The van der Waals surface area contributed by atoms with Crippen LogP contribution in [-0.4, -0.2) is 42.8 Å². The van der Waals surface area contributed by atoms with Crippen LogP contribution in [0.25, 0.3) is 0 Å². The van der Waals surface area contributed by atoms with Crippen LogP contribution in [0.2, 0.25) is 0 Å². The van der Waals surface area contributed by atoms with E-state index >= 15 is 0 Å². The van der Waals surface area contributed by atoms with E-state index in [4.69, 9.17) is 9.47 Å². The molecule has 0 spiro atoms. The molecule has 6 heteroatoms. The third-order valence-corrected chi connectivity index (χ3v) is 4.37. The second kappa shape index (κ2) is 6.51. The van der Waals surface area contributed by atoms with Gasteiger partial charge in [-0.25, -0.2) is 4.79 Å². The molecule has 1 aromatic rings. The van der Waals surface area contributed by atoms with Gasteiger partial charge < -0.3 is 14.4 Å². The summed E-state index contributed by atoms with van der Waals surface area (Å²) in [5.74, 6) is -0.332. The van der Waals surface area contributed by atoms with Crippen molar-refractivity contribution in [1.82, 2.24) is 4.90 Å². The fourth-order valence-electron chi connectivity index (χ4n) is 2.79. The smallest absolute Gasteiger partial charge is 0.410 e. The molecule has 1 unspecified atom stereocenters. The van der Waals surface area contributed by atoms with Crippen LogP contribution in [0.1, 0.15) is 32.8 Å². The van der Waals surface area contributed by atoms with E-state index in [1.165, 1.54) is 7.11 Å². The molecule has 5 nitrogen and oxygen atoms in total. The highest BCUT2D eigenvalue weighted by molar-refractivity contribution is 9.10. The Kier molecular flexibility index (Phi) is 5.04. The van der Waals surface area contributed by atoms with Crippen LogP contribution < -0.4 is 0 Å². The van der Waals surface area contributed by atoms with Gasteiger partial charge in [0.2, 0.25) is 0 Å². The average Bonchev–Trinajstić information content (AvgIpc) is 2.91. The quantitative estimate of drug-likeness (QED) is 0.733. The molecule has 1 aliphatic heterocycles. The number of amides is 1. The maximum Gasteiger partial charge on any atom is 0.410 e. The number of benzene rings is 1. The second-order valence-electron chi connectivity index (χ2n) is 6.74. The lowest BCUT2D eigenvalue weighted by molar-refractivity contribution is -0.147. The van der Waals surface area contributed by atoms with Crippen LogP contribution in [0, 0.1) is 0 Å². The molecule has 0 radical (unpaired) electrons. The summed E-state index contributed by atoms with van der Waals surface area (Å²) in [6.45, 7) is 6.18. The molecule has 0 saturated carbocycles. The van der Waals surface area contributed by atoms with E-state index in [-0.39, 0.29) is 12.5 Å². The summed E-state index contributed by atoms with van der Waals surface area (Å²) >= 11 is 3.43. The summed E-state index contributed by atoms with van der Waals surface area (Å²) in [5, 5.41) is 0. The first kappa shape index (κ1) is 17.8. The van der Waals surface area contributed by atoms with Gasteiger partial charge in [-0.1, -0.05) is 28.1 Å². The number of methoxy groups -OCH3 is 1. The van der Waals surface area contributed by atoms with Gasteiger partial charge in [0.15, 0.2) is 0 Å². The van der Waals surface area contributed by atoms with Gasteiger partial charge in [0.25, 0.3) is 0 Å². The average molecular weight is 384 g/mol. The molecule has 1 saturated heterocycles. The molecule has 1 aliphatic rings. The standard InChI is InChI=1S/C17H22BrNO4/c1-16(2,3)23-15(21)19-9-8-17(11-19,14(20)22-4)12-6-5-7-13(18)10-12/h5-7,10H,8-9,11H2,1-4H3. The molecule has 1 heterocycles. The van der Waals surface area contributed by atoms with Crippen molar-refractivity contribution in [3.63, 3.8) is 0 Å². The lowest BCUT2D eigenvalue weighted by Gasteiger charge is -2.28.